The van der Waals surface area contributed by atoms with E-state index in [1.54, 1.807) is 43.7 Å². The Kier molecular flexibility index (Phi) is 2.56. The minimum Gasteiger partial charge on any atom is -0.495 e. The zero-order valence-corrected chi connectivity index (χ0v) is 10.1. The molecule has 0 aromatic carbocycles. The Morgan fingerprint density at radius 1 is 1.44 bits per heavy atom. The molecule has 2 rings (SSSR count). The SMILES string of the molecule is COc1ccc2nc(C(C)(C)O)c(Cl)n2c1. The summed E-state index contributed by atoms with van der Waals surface area (Å²) in [6.07, 6.45) is 1.74. The smallest absolute Gasteiger partial charge is 0.139 e. The average Bonchev–Trinajstić information content (AvgIpc) is 2.55. The summed E-state index contributed by atoms with van der Waals surface area (Å²) < 4.78 is 6.79. The lowest BCUT2D eigenvalue weighted by Gasteiger charge is -2.13. The molecule has 2 aromatic heterocycles. The predicted octanol–water partition coefficient (Wildman–Crippen LogP) is 2.22. The molecule has 0 saturated heterocycles. The number of nitrogens with zero attached hydrogens (tertiary/aromatic N) is 2. The standard InChI is InChI=1S/C11H13ClN2O2/c1-11(2,15)9-10(12)14-6-7(16-3)4-5-8(14)13-9/h4-6,15H,1-3H3. The largest absolute Gasteiger partial charge is 0.495 e. The maximum absolute atomic E-state index is 9.91. The molecule has 0 aliphatic carbocycles. The van der Waals surface area contributed by atoms with E-state index in [0.29, 0.717) is 22.2 Å². The zero-order chi connectivity index (χ0) is 11.9. The molecule has 0 aliphatic rings. The third kappa shape index (κ3) is 1.74. The summed E-state index contributed by atoms with van der Waals surface area (Å²) in [5, 5.41) is 10.3. The first kappa shape index (κ1) is 11.2. The van der Waals surface area contributed by atoms with Crippen LogP contribution in [0.5, 0.6) is 5.75 Å². The number of hydrogen-bond donors (Lipinski definition) is 1. The first-order valence-corrected chi connectivity index (χ1v) is 5.25. The number of aromatic nitrogens is 2. The molecule has 2 aromatic rings. The number of ether oxygens (including phenoxy) is 1. The number of methoxy groups -OCH3 is 1. The molecular weight excluding hydrogens is 228 g/mol. The second-order valence-corrected chi connectivity index (χ2v) is 4.47. The van der Waals surface area contributed by atoms with Crippen molar-refractivity contribution in [2.24, 2.45) is 0 Å². The van der Waals surface area contributed by atoms with Crippen molar-refractivity contribution >= 4 is 17.2 Å². The van der Waals surface area contributed by atoms with Crippen LogP contribution in [0, 0.1) is 0 Å². The maximum atomic E-state index is 9.91. The van der Waals surface area contributed by atoms with Crippen molar-refractivity contribution in [1.29, 1.82) is 0 Å². The van der Waals surface area contributed by atoms with Crippen LogP contribution >= 0.6 is 11.6 Å². The van der Waals surface area contributed by atoms with Gasteiger partial charge in [-0.2, -0.15) is 0 Å². The van der Waals surface area contributed by atoms with Gasteiger partial charge in [0.25, 0.3) is 0 Å². The molecule has 0 fully saturated rings. The Balaban J connectivity index is 2.69. The molecule has 0 bridgehead atoms. The lowest BCUT2D eigenvalue weighted by Crippen LogP contribution is -2.16. The first-order chi connectivity index (χ1) is 7.43. The van der Waals surface area contributed by atoms with Crippen molar-refractivity contribution in [2.45, 2.75) is 19.4 Å². The Morgan fingerprint density at radius 3 is 2.69 bits per heavy atom. The molecule has 0 spiro atoms. The summed E-state index contributed by atoms with van der Waals surface area (Å²) in [6, 6.07) is 3.59. The number of imidazole rings is 1. The highest BCUT2D eigenvalue weighted by Crippen LogP contribution is 2.29. The molecule has 0 radical (unpaired) electrons. The Hall–Kier alpha value is -1.26. The number of aliphatic hydroxyl groups is 1. The lowest BCUT2D eigenvalue weighted by atomic mass is 10.1. The van der Waals surface area contributed by atoms with Gasteiger partial charge in [0, 0.05) is 0 Å². The minimum absolute atomic E-state index is 0.404. The predicted molar refractivity (Wildman–Crippen MR) is 62.0 cm³/mol. The Labute approximate surface area is 98.4 Å². The summed E-state index contributed by atoms with van der Waals surface area (Å²) in [5.41, 5.74) is 0.0846. The van der Waals surface area contributed by atoms with Crippen LogP contribution in [0.15, 0.2) is 18.3 Å². The van der Waals surface area contributed by atoms with E-state index in [1.807, 2.05) is 0 Å². The maximum Gasteiger partial charge on any atom is 0.139 e. The fourth-order valence-electron chi connectivity index (χ4n) is 1.51. The van der Waals surface area contributed by atoms with Crippen LogP contribution < -0.4 is 4.74 Å². The number of fused-ring (bicyclic) bond motifs is 1. The van der Waals surface area contributed by atoms with Gasteiger partial charge in [-0.3, -0.25) is 4.40 Å². The molecule has 0 atom stereocenters. The van der Waals surface area contributed by atoms with Gasteiger partial charge >= 0.3 is 0 Å². The molecule has 5 heteroatoms. The quantitative estimate of drug-likeness (QED) is 0.876. The third-order valence-corrected chi connectivity index (χ3v) is 2.71. The third-order valence-electron chi connectivity index (χ3n) is 2.35. The molecule has 0 aliphatic heterocycles. The molecule has 0 amide bonds. The monoisotopic (exact) mass is 240 g/mol. The van der Waals surface area contributed by atoms with Crippen molar-refractivity contribution in [3.8, 4) is 5.75 Å². The fourth-order valence-corrected chi connectivity index (χ4v) is 1.92. The highest BCUT2D eigenvalue weighted by Gasteiger charge is 2.24. The summed E-state index contributed by atoms with van der Waals surface area (Å²) in [6.45, 7) is 3.30. The van der Waals surface area contributed by atoms with Gasteiger partial charge in [0.1, 0.15) is 27.8 Å². The van der Waals surface area contributed by atoms with Crippen LogP contribution in [0.3, 0.4) is 0 Å². The highest BCUT2D eigenvalue weighted by atomic mass is 35.5. The van der Waals surface area contributed by atoms with Crippen LogP contribution in [0.1, 0.15) is 19.5 Å². The van der Waals surface area contributed by atoms with Crippen molar-refractivity contribution < 1.29 is 9.84 Å². The topological polar surface area (TPSA) is 46.8 Å². The minimum atomic E-state index is -1.06. The second-order valence-electron chi connectivity index (χ2n) is 4.11. The van der Waals surface area contributed by atoms with Crippen LogP contribution in [-0.4, -0.2) is 21.6 Å². The van der Waals surface area contributed by atoms with E-state index >= 15 is 0 Å². The van der Waals surface area contributed by atoms with E-state index in [-0.39, 0.29) is 0 Å². The van der Waals surface area contributed by atoms with Gasteiger partial charge in [0.2, 0.25) is 0 Å². The highest BCUT2D eigenvalue weighted by molar-refractivity contribution is 6.30. The van der Waals surface area contributed by atoms with E-state index < -0.39 is 5.60 Å². The van der Waals surface area contributed by atoms with Gasteiger partial charge in [-0.25, -0.2) is 4.98 Å². The number of pyridine rings is 1. The first-order valence-electron chi connectivity index (χ1n) is 4.88. The molecule has 0 unspecified atom stereocenters. The molecule has 2 heterocycles. The van der Waals surface area contributed by atoms with Crippen LogP contribution in [0.2, 0.25) is 5.15 Å². The summed E-state index contributed by atoms with van der Waals surface area (Å²) >= 11 is 6.16. The molecule has 1 N–H and O–H groups in total. The van der Waals surface area contributed by atoms with Gasteiger partial charge in [0.15, 0.2) is 0 Å². The van der Waals surface area contributed by atoms with Crippen LogP contribution in [0.25, 0.3) is 5.65 Å². The van der Waals surface area contributed by atoms with Gasteiger partial charge in [-0.15, -0.1) is 0 Å². The van der Waals surface area contributed by atoms with Crippen molar-refractivity contribution in [1.82, 2.24) is 9.38 Å². The normalized spacial score (nSPS) is 12.1. The van der Waals surface area contributed by atoms with E-state index in [4.69, 9.17) is 16.3 Å². The Bertz CT molecular complexity index is 528. The van der Waals surface area contributed by atoms with Crippen LogP contribution in [-0.2, 0) is 5.60 Å². The number of halogens is 1. The number of rotatable bonds is 2. The van der Waals surface area contributed by atoms with Crippen LogP contribution in [0.4, 0.5) is 0 Å². The molecule has 4 nitrogen and oxygen atoms in total. The van der Waals surface area contributed by atoms with E-state index in [0.717, 1.165) is 0 Å². The average molecular weight is 241 g/mol. The second kappa shape index (κ2) is 3.64. The molecule has 86 valence electrons. The van der Waals surface area contributed by atoms with Gasteiger partial charge in [0.05, 0.1) is 13.3 Å². The molecular formula is C11H13ClN2O2. The molecule has 16 heavy (non-hydrogen) atoms. The Morgan fingerprint density at radius 2 is 2.12 bits per heavy atom. The zero-order valence-electron chi connectivity index (χ0n) is 9.36. The van der Waals surface area contributed by atoms with Crippen molar-refractivity contribution in [3.05, 3.63) is 29.2 Å². The van der Waals surface area contributed by atoms with Crippen molar-refractivity contribution in [3.63, 3.8) is 0 Å². The van der Waals surface area contributed by atoms with Gasteiger partial charge in [-0.1, -0.05) is 11.6 Å². The summed E-state index contributed by atoms with van der Waals surface area (Å²) in [5.74, 6) is 0.689. The lowest BCUT2D eigenvalue weighted by molar-refractivity contribution is 0.0745. The summed E-state index contributed by atoms with van der Waals surface area (Å²) in [4.78, 5) is 4.28. The molecule has 0 saturated carbocycles. The van der Waals surface area contributed by atoms with E-state index in [9.17, 15) is 5.11 Å². The van der Waals surface area contributed by atoms with Gasteiger partial charge < -0.3 is 9.84 Å². The van der Waals surface area contributed by atoms with Crippen molar-refractivity contribution in [2.75, 3.05) is 7.11 Å². The van der Waals surface area contributed by atoms with E-state index in [1.165, 1.54) is 0 Å². The van der Waals surface area contributed by atoms with Gasteiger partial charge in [-0.05, 0) is 26.0 Å². The fraction of sp³-hybridized carbons (Fsp3) is 0.364. The van der Waals surface area contributed by atoms with E-state index in [2.05, 4.69) is 4.98 Å². The summed E-state index contributed by atoms with van der Waals surface area (Å²) in [7, 11) is 1.59. The number of hydrogen-bond acceptors (Lipinski definition) is 3.